The largest absolute Gasteiger partial charge is 0.302 e. The second kappa shape index (κ2) is 7.70. The molecule has 0 saturated carbocycles. The Morgan fingerprint density at radius 1 is 0.783 bits per heavy atom. The first-order chi connectivity index (χ1) is 11.3. The van der Waals surface area contributed by atoms with Crippen molar-refractivity contribution in [3.63, 3.8) is 0 Å². The smallest absolute Gasteiger partial charge is 0.0416 e. The third-order valence-corrected chi connectivity index (χ3v) is 3.99. The zero-order valence-electron chi connectivity index (χ0n) is 13.5. The van der Waals surface area contributed by atoms with Crippen molar-refractivity contribution in [3.05, 3.63) is 90.3 Å². The van der Waals surface area contributed by atoms with Crippen LogP contribution in [0.2, 0.25) is 0 Å². The molecule has 2 aromatic carbocycles. The van der Waals surface area contributed by atoms with Crippen LogP contribution in [-0.2, 0) is 13.0 Å². The Morgan fingerprint density at radius 3 is 2.17 bits per heavy atom. The van der Waals surface area contributed by atoms with E-state index in [1.807, 2.05) is 18.3 Å². The standard InChI is InChI=1S/C21H22N2/c1-23(16-14-21-9-5-6-15-22-21)17-18-10-12-20(13-11-18)19-7-3-2-4-8-19/h2-13,15H,14,16-17H2,1H3. The van der Waals surface area contributed by atoms with Crippen LogP contribution in [0.1, 0.15) is 11.3 Å². The van der Waals surface area contributed by atoms with Crippen LogP contribution in [0.15, 0.2) is 79.0 Å². The SMILES string of the molecule is CN(CCc1ccccn1)Cc1ccc(-c2ccccc2)cc1. The second-order valence-corrected chi connectivity index (χ2v) is 5.87. The van der Waals surface area contributed by atoms with Crippen molar-refractivity contribution < 1.29 is 0 Å². The van der Waals surface area contributed by atoms with Gasteiger partial charge >= 0.3 is 0 Å². The summed E-state index contributed by atoms with van der Waals surface area (Å²) in [5.74, 6) is 0. The quantitative estimate of drug-likeness (QED) is 0.670. The summed E-state index contributed by atoms with van der Waals surface area (Å²) in [5.41, 5.74) is 5.03. The molecule has 0 aliphatic rings. The maximum Gasteiger partial charge on any atom is 0.0416 e. The van der Waals surface area contributed by atoms with Gasteiger partial charge in [0.1, 0.15) is 0 Å². The minimum atomic E-state index is 0.960. The molecule has 23 heavy (non-hydrogen) atoms. The molecule has 0 N–H and O–H groups in total. The predicted octanol–water partition coefficient (Wildman–Crippen LogP) is 4.42. The molecule has 0 bridgehead atoms. The van der Waals surface area contributed by atoms with Gasteiger partial charge in [-0.1, -0.05) is 60.7 Å². The van der Waals surface area contributed by atoms with Crippen LogP contribution < -0.4 is 0 Å². The van der Waals surface area contributed by atoms with Crippen LogP contribution in [0.3, 0.4) is 0 Å². The minimum absolute atomic E-state index is 0.960. The number of hydrogen-bond acceptors (Lipinski definition) is 2. The monoisotopic (exact) mass is 302 g/mol. The molecule has 2 nitrogen and oxygen atoms in total. The van der Waals surface area contributed by atoms with Crippen molar-refractivity contribution in [3.8, 4) is 11.1 Å². The number of rotatable bonds is 6. The van der Waals surface area contributed by atoms with Crippen LogP contribution in [0.5, 0.6) is 0 Å². The van der Waals surface area contributed by atoms with E-state index in [0.29, 0.717) is 0 Å². The fourth-order valence-electron chi connectivity index (χ4n) is 2.68. The highest BCUT2D eigenvalue weighted by atomic mass is 15.1. The van der Waals surface area contributed by atoms with Crippen LogP contribution >= 0.6 is 0 Å². The van der Waals surface area contributed by atoms with E-state index in [1.54, 1.807) is 0 Å². The molecule has 0 amide bonds. The fourth-order valence-corrected chi connectivity index (χ4v) is 2.68. The van der Waals surface area contributed by atoms with E-state index in [4.69, 9.17) is 0 Å². The zero-order valence-corrected chi connectivity index (χ0v) is 13.5. The van der Waals surface area contributed by atoms with Gasteiger partial charge in [0, 0.05) is 31.4 Å². The van der Waals surface area contributed by atoms with Crippen molar-refractivity contribution in [2.45, 2.75) is 13.0 Å². The van der Waals surface area contributed by atoms with Gasteiger partial charge in [-0.25, -0.2) is 0 Å². The summed E-state index contributed by atoms with van der Waals surface area (Å²) in [6.45, 7) is 1.97. The molecule has 1 heterocycles. The fraction of sp³-hybridized carbons (Fsp3) is 0.190. The lowest BCUT2D eigenvalue weighted by molar-refractivity contribution is 0.330. The van der Waals surface area contributed by atoms with Crippen LogP contribution in [0.4, 0.5) is 0 Å². The number of benzene rings is 2. The summed E-state index contributed by atoms with van der Waals surface area (Å²) in [5, 5.41) is 0. The van der Waals surface area contributed by atoms with Crippen molar-refractivity contribution in [2.24, 2.45) is 0 Å². The molecule has 0 aliphatic heterocycles. The molecule has 0 fully saturated rings. The molecular formula is C21H22N2. The summed E-state index contributed by atoms with van der Waals surface area (Å²) in [7, 11) is 2.16. The van der Waals surface area contributed by atoms with E-state index in [0.717, 1.165) is 25.2 Å². The van der Waals surface area contributed by atoms with E-state index >= 15 is 0 Å². The highest BCUT2D eigenvalue weighted by Crippen LogP contribution is 2.19. The van der Waals surface area contributed by atoms with E-state index in [2.05, 4.69) is 77.6 Å². The third kappa shape index (κ3) is 4.51. The van der Waals surface area contributed by atoms with E-state index < -0.39 is 0 Å². The summed E-state index contributed by atoms with van der Waals surface area (Å²) < 4.78 is 0. The molecule has 0 atom stereocenters. The average molecular weight is 302 g/mol. The maximum atomic E-state index is 4.38. The Morgan fingerprint density at radius 2 is 1.48 bits per heavy atom. The average Bonchev–Trinajstić information content (AvgIpc) is 2.62. The molecule has 116 valence electrons. The highest BCUT2D eigenvalue weighted by molar-refractivity contribution is 5.63. The van der Waals surface area contributed by atoms with Crippen molar-refractivity contribution in [2.75, 3.05) is 13.6 Å². The molecule has 3 aromatic rings. The lowest BCUT2D eigenvalue weighted by Crippen LogP contribution is -2.21. The number of nitrogens with zero attached hydrogens (tertiary/aromatic N) is 2. The van der Waals surface area contributed by atoms with Crippen molar-refractivity contribution >= 4 is 0 Å². The Balaban J connectivity index is 1.55. The molecule has 0 radical (unpaired) electrons. The number of hydrogen-bond donors (Lipinski definition) is 0. The van der Waals surface area contributed by atoms with Crippen LogP contribution in [0.25, 0.3) is 11.1 Å². The summed E-state index contributed by atoms with van der Waals surface area (Å²) in [6.07, 6.45) is 2.84. The van der Waals surface area contributed by atoms with Gasteiger partial charge in [0.05, 0.1) is 0 Å². The van der Waals surface area contributed by atoms with Gasteiger partial charge in [-0.3, -0.25) is 4.98 Å². The third-order valence-electron chi connectivity index (χ3n) is 3.99. The number of pyridine rings is 1. The minimum Gasteiger partial charge on any atom is -0.302 e. The molecule has 3 rings (SSSR count). The highest BCUT2D eigenvalue weighted by Gasteiger charge is 2.03. The summed E-state index contributed by atoms with van der Waals surface area (Å²) in [6, 6.07) is 25.4. The zero-order chi connectivity index (χ0) is 15.9. The van der Waals surface area contributed by atoms with Crippen LogP contribution in [-0.4, -0.2) is 23.5 Å². The Kier molecular flexibility index (Phi) is 5.17. The molecule has 2 heteroatoms. The Labute approximate surface area is 138 Å². The first kappa shape index (κ1) is 15.4. The van der Waals surface area contributed by atoms with Crippen molar-refractivity contribution in [1.82, 2.24) is 9.88 Å². The van der Waals surface area contributed by atoms with Gasteiger partial charge < -0.3 is 4.90 Å². The van der Waals surface area contributed by atoms with Gasteiger partial charge in [-0.2, -0.15) is 0 Å². The molecular weight excluding hydrogens is 280 g/mol. The Bertz CT molecular complexity index is 706. The normalized spacial score (nSPS) is 10.9. The summed E-state index contributed by atoms with van der Waals surface area (Å²) >= 11 is 0. The molecule has 0 spiro atoms. The van der Waals surface area contributed by atoms with Gasteiger partial charge in [-0.15, -0.1) is 0 Å². The van der Waals surface area contributed by atoms with Crippen LogP contribution in [0, 0.1) is 0 Å². The number of likely N-dealkylation sites (N-methyl/N-ethyl adjacent to an activating group) is 1. The lowest BCUT2D eigenvalue weighted by Gasteiger charge is -2.16. The first-order valence-electron chi connectivity index (χ1n) is 8.04. The van der Waals surface area contributed by atoms with Gasteiger partial charge in [0.15, 0.2) is 0 Å². The lowest BCUT2D eigenvalue weighted by atomic mass is 10.0. The van der Waals surface area contributed by atoms with Gasteiger partial charge in [0.25, 0.3) is 0 Å². The predicted molar refractivity (Wildman–Crippen MR) is 96.2 cm³/mol. The molecule has 0 unspecified atom stereocenters. The van der Waals surface area contributed by atoms with E-state index in [1.165, 1.54) is 16.7 Å². The maximum absolute atomic E-state index is 4.38. The van der Waals surface area contributed by atoms with E-state index in [-0.39, 0.29) is 0 Å². The van der Waals surface area contributed by atoms with Gasteiger partial charge in [0.2, 0.25) is 0 Å². The van der Waals surface area contributed by atoms with Crippen molar-refractivity contribution in [1.29, 1.82) is 0 Å². The molecule has 0 saturated heterocycles. The molecule has 1 aromatic heterocycles. The number of aromatic nitrogens is 1. The first-order valence-corrected chi connectivity index (χ1v) is 8.04. The Hall–Kier alpha value is -2.45. The molecule has 0 aliphatic carbocycles. The summed E-state index contributed by atoms with van der Waals surface area (Å²) in [4.78, 5) is 6.72. The van der Waals surface area contributed by atoms with Gasteiger partial charge in [-0.05, 0) is 35.9 Å². The second-order valence-electron chi connectivity index (χ2n) is 5.87. The topological polar surface area (TPSA) is 16.1 Å². The van der Waals surface area contributed by atoms with E-state index in [9.17, 15) is 0 Å².